The summed E-state index contributed by atoms with van der Waals surface area (Å²) >= 11 is 6.70. The van der Waals surface area contributed by atoms with Crippen molar-refractivity contribution in [3.8, 4) is 0 Å². The van der Waals surface area contributed by atoms with E-state index in [1.54, 1.807) is 6.20 Å². The van der Waals surface area contributed by atoms with Gasteiger partial charge in [0.15, 0.2) is 16.8 Å². The van der Waals surface area contributed by atoms with E-state index in [2.05, 4.69) is 19.6 Å². The second-order valence-electron chi connectivity index (χ2n) is 9.25. The van der Waals surface area contributed by atoms with Crippen LogP contribution in [0.15, 0.2) is 70.8 Å². The van der Waals surface area contributed by atoms with Crippen LogP contribution in [0.1, 0.15) is 29.5 Å². The van der Waals surface area contributed by atoms with Crippen LogP contribution in [0.3, 0.4) is 0 Å². The maximum Gasteiger partial charge on any atom is 0.166 e. The molecule has 0 bridgehead atoms. The van der Waals surface area contributed by atoms with Crippen LogP contribution in [0.5, 0.6) is 0 Å². The number of aryl methyl sites for hydroxylation is 2. The molecule has 2 aromatic carbocycles. The molecule has 0 amide bonds. The zero-order chi connectivity index (χ0) is 24.6. The van der Waals surface area contributed by atoms with E-state index < -0.39 is 11.0 Å². The van der Waals surface area contributed by atoms with E-state index in [4.69, 9.17) is 24.5 Å². The van der Waals surface area contributed by atoms with Crippen molar-refractivity contribution in [3.05, 3.63) is 82.5 Å². The van der Waals surface area contributed by atoms with Crippen molar-refractivity contribution in [1.29, 1.82) is 0 Å². The van der Waals surface area contributed by atoms with E-state index >= 15 is 0 Å². The first-order chi connectivity index (χ1) is 16.9. The molecule has 1 unspecified atom stereocenters. The van der Waals surface area contributed by atoms with Crippen LogP contribution >= 0.6 is 11.6 Å². The molecule has 35 heavy (non-hydrogen) atoms. The minimum atomic E-state index is -1.49. The Morgan fingerprint density at radius 2 is 1.89 bits per heavy atom. The molecule has 1 saturated carbocycles. The van der Waals surface area contributed by atoms with Gasteiger partial charge in [-0.3, -0.25) is 0 Å². The number of nitrogens with one attached hydrogen (secondary N) is 1. The Morgan fingerprint density at radius 1 is 1.11 bits per heavy atom. The van der Waals surface area contributed by atoms with E-state index in [1.165, 1.54) is 0 Å². The molecule has 1 saturated heterocycles. The molecule has 178 valence electrons. The molecule has 3 aromatic rings. The Bertz CT molecular complexity index is 1270. The molecular weight excluding hydrogens is 477 g/mol. The highest BCUT2D eigenvalue weighted by molar-refractivity contribution is 7.83. The number of rotatable bonds is 5. The van der Waals surface area contributed by atoms with Gasteiger partial charge >= 0.3 is 0 Å². The van der Waals surface area contributed by atoms with Gasteiger partial charge in [-0.25, -0.2) is 14.0 Å². The molecule has 2 heterocycles. The maximum absolute atomic E-state index is 13.0. The van der Waals surface area contributed by atoms with Gasteiger partial charge in [0.2, 0.25) is 0 Å². The zero-order valence-electron chi connectivity index (χ0n) is 19.9. The average Bonchev–Trinajstić information content (AvgIpc) is 3.61. The first-order valence-corrected chi connectivity index (χ1v) is 13.2. The number of hydrogen-bond acceptors (Lipinski definition) is 4. The van der Waals surface area contributed by atoms with Crippen LogP contribution in [0.2, 0.25) is 5.02 Å². The molecule has 1 aliphatic carbocycles. The number of benzene rings is 2. The van der Waals surface area contributed by atoms with Crippen LogP contribution in [0, 0.1) is 13.8 Å². The molecule has 1 spiro atoms. The van der Waals surface area contributed by atoms with Gasteiger partial charge in [-0.05, 0) is 56.5 Å². The van der Waals surface area contributed by atoms with Crippen LogP contribution in [-0.2, 0) is 11.0 Å². The summed E-state index contributed by atoms with van der Waals surface area (Å²) in [6, 6.07) is 17.2. The van der Waals surface area contributed by atoms with E-state index in [-0.39, 0.29) is 5.54 Å². The lowest BCUT2D eigenvalue weighted by Crippen LogP contribution is -2.58. The molecule has 1 N–H and O–H groups in total. The zero-order valence-corrected chi connectivity index (χ0v) is 21.4. The van der Waals surface area contributed by atoms with Gasteiger partial charge in [0.05, 0.1) is 15.5 Å². The van der Waals surface area contributed by atoms with E-state index in [0.29, 0.717) is 15.4 Å². The Balaban J connectivity index is 1.48. The molecule has 1 aliphatic heterocycles. The van der Waals surface area contributed by atoms with Crippen LogP contribution in [0.4, 0.5) is 5.82 Å². The van der Waals surface area contributed by atoms with Gasteiger partial charge in [0.1, 0.15) is 13.7 Å². The lowest BCUT2D eigenvalue weighted by Gasteiger charge is -2.45. The van der Waals surface area contributed by atoms with Crippen molar-refractivity contribution >= 4 is 47.5 Å². The van der Waals surface area contributed by atoms with Crippen molar-refractivity contribution < 1.29 is 4.21 Å². The quantitative estimate of drug-likeness (QED) is 0.251. The van der Waals surface area contributed by atoms with Gasteiger partial charge in [0, 0.05) is 31.4 Å². The minimum absolute atomic E-state index is 0.0975. The lowest BCUT2D eigenvalue weighted by molar-refractivity contribution is 0.259. The Morgan fingerprint density at radius 3 is 2.57 bits per heavy atom. The third kappa shape index (κ3) is 4.82. The number of hydrogen-bond donors (Lipinski definition) is 1. The molecule has 2 aliphatic rings. The summed E-state index contributed by atoms with van der Waals surface area (Å²) in [6.07, 6.45) is 3.83. The third-order valence-corrected chi connectivity index (χ3v) is 8.04. The third-order valence-electron chi connectivity index (χ3n) is 6.77. The van der Waals surface area contributed by atoms with Crippen molar-refractivity contribution in [2.45, 2.75) is 37.1 Å². The topological polar surface area (TPSA) is 60.8 Å². The molecule has 5 rings (SSSR count). The van der Waals surface area contributed by atoms with Gasteiger partial charge in [0.25, 0.3) is 0 Å². The van der Waals surface area contributed by atoms with E-state index in [0.717, 1.165) is 60.8 Å². The summed E-state index contributed by atoms with van der Waals surface area (Å²) in [5, 5.41) is 5.36. The van der Waals surface area contributed by atoms with Crippen LogP contribution < -0.4 is 15.2 Å². The first-order valence-electron chi connectivity index (χ1n) is 11.7. The monoisotopic (exact) mass is 503 g/mol. The number of nitrogens with zero attached hydrogens (tertiary/aromatic N) is 4. The minimum Gasteiger partial charge on any atom is -0.353 e. The number of amidine groups is 1. The number of piperazine rings is 1. The van der Waals surface area contributed by atoms with E-state index in [9.17, 15) is 4.21 Å². The second kappa shape index (κ2) is 9.67. The van der Waals surface area contributed by atoms with Gasteiger partial charge in [-0.1, -0.05) is 53.0 Å². The summed E-state index contributed by atoms with van der Waals surface area (Å²) in [6.45, 7) is 6.28. The Kier molecular flexibility index (Phi) is 6.60. The fraction of sp³-hybridized carbons (Fsp3) is 0.308. The number of halogens is 1. The smallest absolute Gasteiger partial charge is 0.166 e. The van der Waals surface area contributed by atoms with Crippen molar-refractivity contribution in [2.75, 3.05) is 24.5 Å². The molecule has 1 atom stereocenters. The lowest BCUT2D eigenvalue weighted by atomic mass is 9.95. The summed E-state index contributed by atoms with van der Waals surface area (Å²) in [5.74, 6) is 1.55. The number of aromatic nitrogens is 1. The van der Waals surface area contributed by atoms with Crippen LogP contribution in [-0.4, -0.2) is 52.9 Å². The van der Waals surface area contributed by atoms with Gasteiger partial charge in [-0.2, -0.15) is 0 Å². The summed E-state index contributed by atoms with van der Waals surface area (Å²) in [7, 11) is 4.74. The van der Waals surface area contributed by atoms with E-state index in [1.807, 2.05) is 68.4 Å². The predicted molar refractivity (Wildman–Crippen MR) is 144 cm³/mol. The van der Waals surface area contributed by atoms with Crippen LogP contribution in [0.25, 0.3) is 0 Å². The Labute approximate surface area is 215 Å². The standard InChI is InChI=1S/C26H27BClN5OS/c1-18-8-10-20(11-9-18)35(34)31-30-25(23-19(2)5-3-7-22(23)28)33-16-15-32(17-26(33)12-13-26)24-21(27)6-4-14-29-24/h3-11,14,31H,12-13,15-17H2,1-2H3/b30-25-. The fourth-order valence-electron chi connectivity index (χ4n) is 4.70. The van der Waals surface area contributed by atoms with Gasteiger partial charge in [-0.15, -0.1) is 5.10 Å². The molecular formula is C26H27BClN5OS. The number of pyridine rings is 1. The second-order valence-corrected chi connectivity index (χ2v) is 10.9. The predicted octanol–water partition coefficient (Wildman–Crippen LogP) is 3.47. The summed E-state index contributed by atoms with van der Waals surface area (Å²) in [5.41, 5.74) is 3.58. The summed E-state index contributed by atoms with van der Waals surface area (Å²) in [4.78, 5) is 12.7. The number of anilines is 1. The number of hydrazone groups is 1. The highest BCUT2D eigenvalue weighted by Crippen LogP contribution is 2.46. The molecule has 9 heteroatoms. The first kappa shape index (κ1) is 23.9. The fourth-order valence-corrected chi connectivity index (χ4v) is 5.66. The van der Waals surface area contributed by atoms with Gasteiger partial charge < -0.3 is 9.80 Å². The highest BCUT2D eigenvalue weighted by atomic mass is 35.5. The molecule has 1 aromatic heterocycles. The van der Waals surface area contributed by atoms with Crippen molar-refractivity contribution in [2.24, 2.45) is 5.10 Å². The Hall–Kier alpha value is -2.84. The molecule has 6 nitrogen and oxygen atoms in total. The van der Waals surface area contributed by atoms with Crippen molar-refractivity contribution in [3.63, 3.8) is 0 Å². The highest BCUT2D eigenvalue weighted by Gasteiger charge is 2.53. The average molecular weight is 504 g/mol. The normalized spacial score (nSPS) is 18.0. The maximum atomic E-state index is 13.0. The largest absolute Gasteiger partial charge is 0.353 e. The van der Waals surface area contributed by atoms with Crippen molar-refractivity contribution in [1.82, 2.24) is 14.7 Å². The summed E-state index contributed by atoms with van der Waals surface area (Å²) < 4.78 is 13.0. The molecule has 2 radical (unpaired) electrons. The molecule has 2 fully saturated rings. The SMILES string of the molecule is [B]c1cccnc1N1CCN(/C(=N\NS(=O)c2ccc(C)cc2)c2c(C)cccc2Cl)C2(CC2)C1.